The Morgan fingerprint density at radius 2 is 1.41 bits per heavy atom. The zero-order valence-corrected chi connectivity index (χ0v) is 36.8. The zero-order valence-electron chi connectivity index (χ0n) is 29.5. The summed E-state index contributed by atoms with van der Waals surface area (Å²) in [6.07, 6.45) is 4.66. The van der Waals surface area contributed by atoms with Gasteiger partial charge < -0.3 is 0 Å². The Hall–Kier alpha value is -1.27. The quantitative estimate of drug-likeness (QED) is 0.145. The molecule has 0 saturated carbocycles. The molecule has 0 N–H and O–H groups in total. The molecule has 0 bridgehead atoms. The van der Waals surface area contributed by atoms with Crippen LogP contribution in [0.2, 0.25) is 39.3 Å². The molecule has 4 aromatic rings. The molecule has 0 nitrogen and oxygen atoms in total. The van der Waals surface area contributed by atoms with Crippen LogP contribution in [0.25, 0.3) is 28.3 Å². The van der Waals surface area contributed by atoms with Gasteiger partial charge in [-0.15, -0.1) is 0 Å². The van der Waals surface area contributed by atoms with Crippen LogP contribution in [0, 0.1) is 0 Å². The van der Waals surface area contributed by atoms with Crippen LogP contribution in [0.1, 0.15) is 60.9 Å². The Bertz CT molecular complexity index is 1840. The molecule has 240 valence electrons. The van der Waals surface area contributed by atoms with Gasteiger partial charge in [-0.1, -0.05) is 0 Å². The van der Waals surface area contributed by atoms with Crippen LogP contribution in [-0.2, 0) is 23.3 Å². The Morgan fingerprint density at radius 1 is 0.783 bits per heavy atom. The molecule has 0 spiro atoms. The van der Waals surface area contributed by atoms with Crippen molar-refractivity contribution < 1.29 is 17.9 Å². The van der Waals surface area contributed by atoms with Gasteiger partial charge in [-0.25, -0.2) is 0 Å². The second-order valence-electron chi connectivity index (χ2n) is 16.7. The normalized spacial score (nSPS) is 16.8. The summed E-state index contributed by atoms with van der Waals surface area (Å²) in [5.74, 6) is 0. The van der Waals surface area contributed by atoms with Crippen LogP contribution in [0.3, 0.4) is 0 Å². The number of hydrogen-bond acceptors (Lipinski definition) is 0. The minimum absolute atomic E-state index is 0.00434. The Labute approximate surface area is 294 Å². The summed E-state index contributed by atoms with van der Waals surface area (Å²) in [7, 11) is 12.3. The summed E-state index contributed by atoms with van der Waals surface area (Å²) < 4.78 is 1.43. The maximum atomic E-state index is 8.02. The van der Waals surface area contributed by atoms with Crippen molar-refractivity contribution in [1.29, 1.82) is 0 Å². The number of rotatable bonds is 7. The van der Waals surface area contributed by atoms with E-state index in [0.29, 0.717) is 0 Å². The molecule has 0 aromatic heterocycles. The molecule has 0 amide bonds. The van der Waals surface area contributed by atoms with Gasteiger partial charge in [0, 0.05) is 0 Å². The molecule has 1 aliphatic carbocycles. The van der Waals surface area contributed by atoms with E-state index in [-0.39, 0.29) is 9.04 Å². The molecule has 4 aromatic carbocycles. The van der Waals surface area contributed by atoms with Gasteiger partial charge in [0.25, 0.3) is 0 Å². The van der Waals surface area contributed by atoms with E-state index >= 15 is 0 Å². The molecule has 0 radical (unpaired) electrons. The Morgan fingerprint density at radius 3 is 2.02 bits per heavy atom. The van der Waals surface area contributed by atoms with Crippen LogP contribution in [0.4, 0.5) is 0 Å². The van der Waals surface area contributed by atoms with Gasteiger partial charge in [0.2, 0.25) is 0 Å². The summed E-state index contributed by atoms with van der Waals surface area (Å²) >= 11 is -4.04. The van der Waals surface area contributed by atoms with E-state index in [4.69, 9.17) is 17.0 Å². The Kier molecular flexibility index (Phi) is 9.21. The number of benzene rings is 4. The fourth-order valence-corrected chi connectivity index (χ4v) is 27.0. The number of halogens is 2. The van der Waals surface area contributed by atoms with Crippen molar-refractivity contribution in [2.45, 2.75) is 88.9 Å². The predicted molar refractivity (Wildman–Crippen MR) is 213 cm³/mol. The average Bonchev–Trinajstić information content (AvgIpc) is 3.53. The van der Waals surface area contributed by atoms with Crippen LogP contribution in [0.15, 0.2) is 78.4 Å². The first-order chi connectivity index (χ1) is 21.4. The number of allylic oxidation sites excluding steroid dienone is 1. The van der Waals surface area contributed by atoms with Crippen molar-refractivity contribution in [1.82, 2.24) is 0 Å². The monoisotopic (exact) mass is 774 g/mol. The first-order valence-electron chi connectivity index (χ1n) is 17.1. The summed E-state index contributed by atoms with van der Waals surface area (Å²) in [6, 6.07) is 28.3. The molecule has 1 atom stereocenters. The van der Waals surface area contributed by atoms with Gasteiger partial charge in [-0.2, -0.15) is 0 Å². The molecule has 1 heterocycles. The predicted octanol–water partition coefficient (Wildman–Crippen LogP) is 8.87. The standard InChI is InChI=1S/C28H41Si2.C12H9Si.2ClH.Zr/c1-11-12-20-15-21-13-14-26(28(2,3)4)27(25(21)16-20)22-17-23(29(5,6)7)19-24(18-22)30(8,9)10;1-3-7-11-9(5-1)10-6-2-4-8-12(10)13-11;;;/h13-19H,11-12H2,1-10H3;1-7H,13H2;2*1H;/q;;;;+2/p-2. The van der Waals surface area contributed by atoms with E-state index in [0.717, 1.165) is 12.8 Å². The van der Waals surface area contributed by atoms with E-state index < -0.39 is 43.5 Å². The summed E-state index contributed by atoms with van der Waals surface area (Å²) in [4.78, 5) is 0. The molecule has 46 heavy (non-hydrogen) atoms. The minimum atomic E-state index is -4.04. The van der Waals surface area contributed by atoms with Gasteiger partial charge in [-0.3, -0.25) is 0 Å². The van der Waals surface area contributed by atoms with E-state index in [1.54, 1.807) is 10.4 Å². The fourth-order valence-electron chi connectivity index (χ4n) is 7.64. The van der Waals surface area contributed by atoms with Crippen molar-refractivity contribution in [3.8, 4) is 22.3 Å². The maximum absolute atomic E-state index is 8.02. The molecule has 0 fully saturated rings. The number of hydrogen-bond donors (Lipinski definition) is 0. The van der Waals surface area contributed by atoms with E-state index in [1.807, 2.05) is 0 Å². The molecule has 6 rings (SSSR count). The van der Waals surface area contributed by atoms with Crippen LogP contribution in [-0.4, -0.2) is 25.7 Å². The second kappa shape index (κ2) is 12.3. The molecule has 1 unspecified atom stereocenters. The summed E-state index contributed by atoms with van der Waals surface area (Å²) in [5.41, 5.74) is 11.2. The topological polar surface area (TPSA) is 0 Å². The average molecular weight is 777 g/mol. The molecule has 1 aliphatic heterocycles. The zero-order chi connectivity index (χ0) is 33.4. The van der Waals surface area contributed by atoms with E-state index in [1.165, 1.54) is 58.2 Å². The van der Waals surface area contributed by atoms with Gasteiger partial charge in [0.15, 0.2) is 0 Å². The fraction of sp³-hybridized carbons (Fsp3) is 0.350. The van der Waals surface area contributed by atoms with Gasteiger partial charge >= 0.3 is 297 Å². The molecular formula is C40H50Cl2Si3Zr. The summed E-state index contributed by atoms with van der Waals surface area (Å²) in [6.45, 7) is 24.3. The van der Waals surface area contributed by atoms with Gasteiger partial charge in [0.05, 0.1) is 0 Å². The Balaban J connectivity index is 1.60. The van der Waals surface area contributed by atoms with Crippen LogP contribution in [0.5, 0.6) is 0 Å². The molecule has 6 heteroatoms. The summed E-state index contributed by atoms with van der Waals surface area (Å²) in [5, 5.41) is 6.14. The third kappa shape index (κ3) is 6.18. The van der Waals surface area contributed by atoms with Crippen molar-refractivity contribution >= 4 is 72.8 Å². The van der Waals surface area contributed by atoms with Crippen molar-refractivity contribution in [3.05, 3.63) is 95.1 Å². The van der Waals surface area contributed by atoms with Crippen molar-refractivity contribution in [3.63, 3.8) is 0 Å². The van der Waals surface area contributed by atoms with Crippen molar-refractivity contribution in [2.75, 3.05) is 0 Å². The van der Waals surface area contributed by atoms with Gasteiger partial charge in [0.1, 0.15) is 0 Å². The molecule has 2 aliphatic rings. The third-order valence-corrected chi connectivity index (χ3v) is 28.6. The van der Waals surface area contributed by atoms with E-state index in [2.05, 4.69) is 146 Å². The van der Waals surface area contributed by atoms with Crippen LogP contribution >= 0.6 is 17.0 Å². The molecule has 0 saturated heterocycles. The van der Waals surface area contributed by atoms with E-state index in [9.17, 15) is 0 Å². The van der Waals surface area contributed by atoms with Crippen molar-refractivity contribution in [2.24, 2.45) is 0 Å². The first-order valence-corrected chi connectivity index (χ1v) is 34.4. The third-order valence-electron chi connectivity index (χ3n) is 10.2. The molecular weight excluding hydrogens is 727 g/mol. The number of fused-ring (bicyclic) bond motifs is 4. The van der Waals surface area contributed by atoms with Crippen LogP contribution < -0.4 is 24.0 Å². The SMILES string of the molecule is CCCC1=Cc2c(ccc(C(C)(C)C)c2-c2cc([Si](C)(C)C)cc([Si](C)(C)C)c2)[CH]1[Zr]([Cl])([Cl])[c]1cccc2c1[SiH2]c1ccccc1-2. The second-order valence-corrected chi connectivity index (χ2v) is 42.7. The van der Waals surface area contributed by atoms with Gasteiger partial charge in [-0.05, 0) is 0 Å². The first kappa shape index (κ1) is 34.6.